The van der Waals surface area contributed by atoms with Crippen LogP contribution in [0.2, 0.25) is 0 Å². The quantitative estimate of drug-likeness (QED) is 0.327. The van der Waals surface area contributed by atoms with Gasteiger partial charge in [-0.3, -0.25) is 15.3 Å². The molecule has 0 bridgehead atoms. The molecule has 20 heavy (non-hydrogen) atoms. The molecule has 0 aliphatic carbocycles. The van der Waals surface area contributed by atoms with E-state index < -0.39 is 0 Å². The normalized spacial score (nSPS) is 14.3. The maximum Gasteiger partial charge on any atom is 0.195 e. The minimum absolute atomic E-state index is 0.367. The van der Waals surface area contributed by atoms with E-state index in [0.29, 0.717) is 17.8 Å². The van der Waals surface area contributed by atoms with Crippen LogP contribution in [0.15, 0.2) is 9.98 Å². The summed E-state index contributed by atoms with van der Waals surface area (Å²) in [4.78, 5) is 8.58. The van der Waals surface area contributed by atoms with Crippen molar-refractivity contribution in [2.45, 2.75) is 65.7 Å². The lowest BCUT2D eigenvalue weighted by atomic mass is 10.0. The Balaban J connectivity index is 3.97. The molecule has 0 aromatic carbocycles. The van der Waals surface area contributed by atoms with E-state index in [-0.39, 0.29) is 0 Å². The van der Waals surface area contributed by atoms with Crippen molar-refractivity contribution in [1.29, 1.82) is 0 Å². The van der Waals surface area contributed by atoms with Crippen LogP contribution in [0.1, 0.15) is 65.7 Å². The minimum atomic E-state index is 0.367. The molecule has 5 heteroatoms. The predicted octanol–water partition coefficient (Wildman–Crippen LogP) is 2.61. The van der Waals surface area contributed by atoms with Gasteiger partial charge >= 0.3 is 0 Å². The Hall–Kier alpha value is -1.26. The van der Waals surface area contributed by atoms with Gasteiger partial charge in [0.25, 0.3) is 0 Å². The molecule has 5 N–H and O–H groups in total. The maximum atomic E-state index is 5.80. The van der Waals surface area contributed by atoms with Crippen LogP contribution in [0, 0.1) is 5.92 Å². The number of aliphatic imine (C=N–C) groups is 2. The van der Waals surface area contributed by atoms with Crippen molar-refractivity contribution >= 4 is 11.9 Å². The Morgan fingerprint density at radius 3 is 2.25 bits per heavy atom. The third kappa shape index (κ3) is 10.6. The average molecular weight is 283 g/mol. The van der Waals surface area contributed by atoms with E-state index in [0.717, 1.165) is 25.9 Å². The fraction of sp³-hybridized carbons (Fsp3) is 0.867. The highest BCUT2D eigenvalue weighted by molar-refractivity contribution is 5.96. The zero-order chi connectivity index (χ0) is 15.2. The summed E-state index contributed by atoms with van der Waals surface area (Å²) in [6, 6.07) is 0. The second-order valence-corrected chi connectivity index (χ2v) is 5.24. The molecular formula is C15H33N5. The SMILES string of the molecule is CCCCCCN=C(N)NC(N)=NCC(CC)CCC. The van der Waals surface area contributed by atoms with E-state index in [9.17, 15) is 0 Å². The van der Waals surface area contributed by atoms with Gasteiger partial charge in [-0.2, -0.15) is 0 Å². The summed E-state index contributed by atoms with van der Waals surface area (Å²) in [5.74, 6) is 1.34. The van der Waals surface area contributed by atoms with Gasteiger partial charge in [-0.1, -0.05) is 52.9 Å². The van der Waals surface area contributed by atoms with Gasteiger partial charge in [-0.25, -0.2) is 0 Å². The highest BCUT2D eigenvalue weighted by Gasteiger charge is 2.04. The Labute approximate surface area is 124 Å². The third-order valence-corrected chi connectivity index (χ3v) is 3.34. The maximum absolute atomic E-state index is 5.80. The molecular weight excluding hydrogens is 250 g/mol. The monoisotopic (exact) mass is 283 g/mol. The topological polar surface area (TPSA) is 88.8 Å². The Morgan fingerprint density at radius 1 is 0.950 bits per heavy atom. The van der Waals surface area contributed by atoms with Crippen molar-refractivity contribution in [1.82, 2.24) is 5.32 Å². The fourth-order valence-corrected chi connectivity index (χ4v) is 2.01. The van der Waals surface area contributed by atoms with Gasteiger partial charge in [-0.15, -0.1) is 0 Å². The number of nitrogens with one attached hydrogen (secondary N) is 1. The Kier molecular flexibility index (Phi) is 12.0. The molecule has 0 saturated carbocycles. The first-order chi connectivity index (χ1) is 9.63. The van der Waals surface area contributed by atoms with Gasteiger partial charge in [-0.05, 0) is 18.8 Å². The summed E-state index contributed by atoms with van der Waals surface area (Å²) in [5.41, 5.74) is 11.6. The largest absolute Gasteiger partial charge is 0.370 e. The zero-order valence-corrected chi connectivity index (χ0v) is 13.5. The van der Waals surface area contributed by atoms with E-state index in [1.807, 2.05) is 0 Å². The van der Waals surface area contributed by atoms with Crippen LogP contribution in [-0.4, -0.2) is 25.0 Å². The van der Waals surface area contributed by atoms with Crippen LogP contribution in [0.4, 0.5) is 0 Å². The van der Waals surface area contributed by atoms with Crippen LogP contribution in [0.5, 0.6) is 0 Å². The molecule has 5 nitrogen and oxygen atoms in total. The molecule has 0 aromatic rings. The summed E-state index contributed by atoms with van der Waals surface area (Å²) in [7, 11) is 0. The first-order valence-electron chi connectivity index (χ1n) is 8.00. The molecule has 1 unspecified atom stereocenters. The third-order valence-electron chi connectivity index (χ3n) is 3.34. The molecule has 0 aromatic heterocycles. The molecule has 1 atom stereocenters. The number of nitrogens with two attached hydrogens (primary N) is 2. The van der Waals surface area contributed by atoms with Crippen molar-refractivity contribution in [2.24, 2.45) is 27.4 Å². The molecule has 0 radical (unpaired) electrons. The Morgan fingerprint density at radius 2 is 1.65 bits per heavy atom. The van der Waals surface area contributed by atoms with Crippen molar-refractivity contribution in [3.05, 3.63) is 0 Å². The number of hydrogen-bond acceptors (Lipinski definition) is 2. The average Bonchev–Trinajstić information content (AvgIpc) is 2.43. The smallest absolute Gasteiger partial charge is 0.195 e. The van der Waals surface area contributed by atoms with Crippen LogP contribution >= 0.6 is 0 Å². The zero-order valence-electron chi connectivity index (χ0n) is 13.5. The Bertz CT molecular complexity index is 286. The van der Waals surface area contributed by atoms with Gasteiger partial charge < -0.3 is 11.5 Å². The second kappa shape index (κ2) is 12.8. The van der Waals surface area contributed by atoms with Gasteiger partial charge in [0.05, 0.1) is 0 Å². The second-order valence-electron chi connectivity index (χ2n) is 5.24. The number of hydrogen-bond donors (Lipinski definition) is 3. The van der Waals surface area contributed by atoms with E-state index in [1.54, 1.807) is 0 Å². The van der Waals surface area contributed by atoms with Crippen LogP contribution < -0.4 is 16.8 Å². The molecule has 0 heterocycles. The number of guanidine groups is 2. The first kappa shape index (κ1) is 18.7. The van der Waals surface area contributed by atoms with Crippen LogP contribution in [-0.2, 0) is 0 Å². The molecule has 118 valence electrons. The van der Waals surface area contributed by atoms with Crippen molar-refractivity contribution in [3.63, 3.8) is 0 Å². The summed E-state index contributed by atoms with van der Waals surface area (Å²) >= 11 is 0. The van der Waals surface area contributed by atoms with Crippen LogP contribution in [0.3, 0.4) is 0 Å². The van der Waals surface area contributed by atoms with Gasteiger partial charge in [0.1, 0.15) is 0 Å². The molecule has 0 aliphatic heterocycles. The highest BCUT2D eigenvalue weighted by Crippen LogP contribution is 2.10. The number of unbranched alkanes of at least 4 members (excludes halogenated alkanes) is 3. The summed E-state index contributed by atoms with van der Waals surface area (Å²) in [6.45, 7) is 8.08. The van der Waals surface area contributed by atoms with Gasteiger partial charge in [0, 0.05) is 13.1 Å². The van der Waals surface area contributed by atoms with Gasteiger partial charge in [0.15, 0.2) is 11.9 Å². The highest BCUT2D eigenvalue weighted by atomic mass is 15.2. The number of rotatable bonds is 10. The lowest BCUT2D eigenvalue weighted by Crippen LogP contribution is -2.42. The molecule has 0 amide bonds. The lowest BCUT2D eigenvalue weighted by Gasteiger charge is -2.11. The predicted molar refractivity (Wildman–Crippen MR) is 88.9 cm³/mol. The lowest BCUT2D eigenvalue weighted by molar-refractivity contribution is 0.476. The van der Waals surface area contributed by atoms with E-state index in [1.165, 1.54) is 32.1 Å². The van der Waals surface area contributed by atoms with E-state index >= 15 is 0 Å². The minimum Gasteiger partial charge on any atom is -0.370 e. The standard InChI is InChI=1S/C15H33N5/c1-4-7-8-9-11-18-14(16)20-15(17)19-12-13(6-3)10-5-2/h13H,4-12H2,1-3H3,(H5,16,17,18,19,20). The summed E-state index contributed by atoms with van der Waals surface area (Å²) < 4.78 is 0. The fourth-order valence-electron chi connectivity index (χ4n) is 2.01. The van der Waals surface area contributed by atoms with E-state index in [4.69, 9.17) is 11.5 Å². The van der Waals surface area contributed by atoms with Gasteiger partial charge in [0.2, 0.25) is 0 Å². The molecule has 0 rings (SSSR count). The molecule has 0 spiro atoms. The van der Waals surface area contributed by atoms with E-state index in [2.05, 4.69) is 36.1 Å². The number of nitrogens with zero attached hydrogens (tertiary/aromatic N) is 2. The van der Waals surface area contributed by atoms with Crippen LogP contribution in [0.25, 0.3) is 0 Å². The molecule has 0 aliphatic rings. The molecule has 0 saturated heterocycles. The molecule has 0 fully saturated rings. The summed E-state index contributed by atoms with van der Waals surface area (Å²) in [6.07, 6.45) is 8.26. The van der Waals surface area contributed by atoms with Crippen molar-refractivity contribution in [2.75, 3.05) is 13.1 Å². The van der Waals surface area contributed by atoms with Crippen molar-refractivity contribution < 1.29 is 0 Å². The summed E-state index contributed by atoms with van der Waals surface area (Å²) in [5, 5.41) is 2.85. The first-order valence-corrected chi connectivity index (χ1v) is 8.00. The van der Waals surface area contributed by atoms with Crippen molar-refractivity contribution in [3.8, 4) is 0 Å².